The Morgan fingerprint density at radius 1 is 1.04 bits per heavy atom. The van der Waals surface area contributed by atoms with Crippen LogP contribution in [0.2, 0.25) is 0 Å². The third-order valence-corrected chi connectivity index (χ3v) is 4.22. The number of para-hydroxylation sites is 1. The fraction of sp³-hybridized carbons (Fsp3) is 0.0500. The zero-order valence-electron chi connectivity index (χ0n) is 14.9. The molecule has 8 nitrogen and oxygen atoms in total. The van der Waals surface area contributed by atoms with Crippen molar-refractivity contribution >= 4 is 22.8 Å². The molecule has 0 fully saturated rings. The maximum absolute atomic E-state index is 12.7. The van der Waals surface area contributed by atoms with Gasteiger partial charge in [-0.3, -0.25) is 9.78 Å². The van der Waals surface area contributed by atoms with E-state index in [2.05, 4.69) is 15.0 Å². The van der Waals surface area contributed by atoms with Gasteiger partial charge in [0.15, 0.2) is 5.82 Å². The van der Waals surface area contributed by atoms with Crippen LogP contribution < -0.4 is 10.6 Å². The maximum atomic E-state index is 12.7. The average molecular weight is 373 g/mol. The monoisotopic (exact) mass is 373 g/mol. The lowest BCUT2D eigenvalue weighted by atomic mass is 10.2. The van der Waals surface area contributed by atoms with Crippen LogP contribution in [0.15, 0.2) is 61.1 Å². The summed E-state index contributed by atoms with van der Waals surface area (Å²) in [5.74, 6) is -0.843. The molecule has 0 aliphatic rings. The van der Waals surface area contributed by atoms with Crippen LogP contribution in [0.25, 0.3) is 22.4 Å². The number of carbonyl (C=O) groups excluding carboxylic acids is 2. The third kappa shape index (κ3) is 3.07. The molecule has 3 heterocycles. The van der Waals surface area contributed by atoms with Crippen molar-refractivity contribution in [3.63, 3.8) is 0 Å². The molecule has 138 valence electrons. The van der Waals surface area contributed by atoms with Crippen LogP contribution in [0.1, 0.15) is 26.4 Å². The number of aryl methyl sites for hydroxylation is 1. The van der Waals surface area contributed by atoms with E-state index >= 15 is 0 Å². The Morgan fingerprint density at radius 2 is 1.82 bits per heavy atom. The summed E-state index contributed by atoms with van der Waals surface area (Å²) >= 11 is 0. The molecule has 28 heavy (non-hydrogen) atoms. The summed E-state index contributed by atoms with van der Waals surface area (Å²) in [6.07, 6.45) is 4.43. The first-order chi connectivity index (χ1) is 13.5. The number of benzene rings is 1. The summed E-state index contributed by atoms with van der Waals surface area (Å²) in [5.41, 5.74) is 7.49. The van der Waals surface area contributed by atoms with Crippen LogP contribution >= 0.6 is 0 Å². The number of fused-ring (bicyclic) bond motifs is 1. The van der Waals surface area contributed by atoms with Gasteiger partial charge in [-0.05, 0) is 25.1 Å². The molecular formula is C20H15N5O3. The Labute approximate surface area is 159 Å². The summed E-state index contributed by atoms with van der Waals surface area (Å²) in [4.78, 5) is 42.5. The minimum absolute atomic E-state index is 0.207. The summed E-state index contributed by atoms with van der Waals surface area (Å²) in [7, 11) is 0. The Kier molecular flexibility index (Phi) is 4.29. The summed E-state index contributed by atoms with van der Waals surface area (Å²) in [6, 6.07) is 12.4. The molecule has 3 aromatic heterocycles. The van der Waals surface area contributed by atoms with Crippen molar-refractivity contribution in [3.8, 4) is 11.5 Å². The molecular weight excluding hydrogens is 358 g/mol. The van der Waals surface area contributed by atoms with Gasteiger partial charge in [-0.25, -0.2) is 14.8 Å². The first-order valence-electron chi connectivity index (χ1n) is 8.42. The Hall–Kier alpha value is -4.07. The largest absolute Gasteiger partial charge is 0.366 e. The van der Waals surface area contributed by atoms with Gasteiger partial charge in [-0.1, -0.05) is 24.3 Å². The van der Waals surface area contributed by atoms with Crippen LogP contribution in [0.5, 0.6) is 0 Å². The van der Waals surface area contributed by atoms with Crippen molar-refractivity contribution < 1.29 is 14.4 Å². The highest BCUT2D eigenvalue weighted by atomic mass is 16.7. The van der Waals surface area contributed by atoms with Crippen molar-refractivity contribution in [2.45, 2.75) is 6.92 Å². The number of rotatable bonds is 4. The van der Waals surface area contributed by atoms with Crippen molar-refractivity contribution in [1.29, 1.82) is 0 Å². The molecule has 4 rings (SSSR count). The molecule has 0 spiro atoms. The molecule has 0 aliphatic carbocycles. The van der Waals surface area contributed by atoms with E-state index in [1.54, 1.807) is 49.5 Å². The maximum Gasteiger partial charge on any atom is 0.366 e. The average Bonchev–Trinajstić information content (AvgIpc) is 3.07. The Morgan fingerprint density at radius 3 is 2.54 bits per heavy atom. The number of hydrogen-bond acceptors (Lipinski definition) is 6. The lowest BCUT2D eigenvalue weighted by molar-refractivity contribution is 0.0479. The van der Waals surface area contributed by atoms with Crippen molar-refractivity contribution in [3.05, 3.63) is 77.9 Å². The topological polar surface area (TPSA) is 113 Å². The molecule has 0 radical (unpaired) electrons. The standard InChI is InChI=1S/C20H15N5O3/c1-12-14(10-23-19(24-12)16-7-4-5-9-22-16)20(27)28-25-11-15(18(21)26)13-6-2-3-8-17(13)25/h2-11H,1H3,(H2,21,26). The number of carbonyl (C=O) groups is 2. The first-order valence-corrected chi connectivity index (χ1v) is 8.42. The molecule has 0 unspecified atom stereocenters. The SMILES string of the molecule is Cc1nc(-c2ccccn2)ncc1C(=O)On1cc(C(N)=O)c2ccccc21. The van der Waals surface area contributed by atoms with Crippen LogP contribution in [0, 0.1) is 6.92 Å². The van der Waals surface area contributed by atoms with Gasteiger partial charge in [-0.2, -0.15) is 4.73 Å². The van der Waals surface area contributed by atoms with Gasteiger partial charge in [0.1, 0.15) is 11.3 Å². The zero-order valence-corrected chi connectivity index (χ0v) is 14.9. The summed E-state index contributed by atoms with van der Waals surface area (Å²) in [5, 5.41) is 0.598. The van der Waals surface area contributed by atoms with Gasteiger partial charge in [0, 0.05) is 17.8 Å². The number of hydrogen-bond donors (Lipinski definition) is 1. The fourth-order valence-corrected chi connectivity index (χ4v) is 2.85. The van der Waals surface area contributed by atoms with Gasteiger partial charge < -0.3 is 10.6 Å². The second-order valence-corrected chi connectivity index (χ2v) is 6.04. The number of amides is 1. The van der Waals surface area contributed by atoms with E-state index in [0.29, 0.717) is 28.1 Å². The zero-order chi connectivity index (χ0) is 19.7. The van der Waals surface area contributed by atoms with Crippen LogP contribution in [-0.2, 0) is 0 Å². The van der Waals surface area contributed by atoms with Gasteiger partial charge in [-0.15, -0.1) is 0 Å². The fourth-order valence-electron chi connectivity index (χ4n) is 2.85. The molecule has 0 saturated carbocycles. The minimum Gasteiger partial charge on any atom is -0.366 e. The van der Waals surface area contributed by atoms with E-state index in [4.69, 9.17) is 10.6 Å². The predicted molar refractivity (Wildman–Crippen MR) is 101 cm³/mol. The van der Waals surface area contributed by atoms with Crippen molar-refractivity contribution in [2.24, 2.45) is 5.73 Å². The number of pyridine rings is 1. The smallest absolute Gasteiger partial charge is 0.366 e. The molecule has 0 bridgehead atoms. The Bertz CT molecular complexity index is 1200. The van der Waals surface area contributed by atoms with Gasteiger partial charge in [0.2, 0.25) is 0 Å². The van der Waals surface area contributed by atoms with Gasteiger partial charge in [0.25, 0.3) is 5.91 Å². The van der Waals surface area contributed by atoms with E-state index in [1.165, 1.54) is 17.1 Å². The molecule has 0 atom stereocenters. The van der Waals surface area contributed by atoms with Crippen LogP contribution in [0.3, 0.4) is 0 Å². The molecule has 0 aliphatic heterocycles. The Balaban J connectivity index is 1.66. The highest BCUT2D eigenvalue weighted by Crippen LogP contribution is 2.21. The highest BCUT2D eigenvalue weighted by Gasteiger charge is 2.19. The third-order valence-electron chi connectivity index (χ3n) is 4.22. The van der Waals surface area contributed by atoms with E-state index < -0.39 is 11.9 Å². The molecule has 1 amide bonds. The molecule has 4 aromatic rings. The summed E-state index contributed by atoms with van der Waals surface area (Å²) < 4.78 is 1.23. The molecule has 0 saturated heterocycles. The van der Waals surface area contributed by atoms with E-state index in [0.717, 1.165) is 0 Å². The van der Waals surface area contributed by atoms with E-state index in [1.807, 2.05) is 6.07 Å². The molecule has 8 heteroatoms. The number of primary amides is 1. The van der Waals surface area contributed by atoms with Gasteiger partial charge in [0.05, 0.1) is 23.0 Å². The number of aromatic nitrogens is 4. The van der Waals surface area contributed by atoms with Crippen LogP contribution in [0.4, 0.5) is 0 Å². The second-order valence-electron chi connectivity index (χ2n) is 6.04. The van der Waals surface area contributed by atoms with Crippen LogP contribution in [-0.4, -0.2) is 31.6 Å². The normalized spacial score (nSPS) is 10.8. The quantitative estimate of drug-likeness (QED) is 0.586. The van der Waals surface area contributed by atoms with Crippen molar-refractivity contribution in [2.75, 3.05) is 0 Å². The molecule has 1 aromatic carbocycles. The lowest BCUT2D eigenvalue weighted by Crippen LogP contribution is -2.21. The predicted octanol–water partition coefficient (Wildman–Crippen LogP) is 2.17. The van der Waals surface area contributed by atoms with Crippen molar-refractivity contribution in [1.82, 2.24) is 19.7 Å². The summed E-state index contributed by atoms with van der Waals surface area (Å²) in [6.45, 7) is 1.69. The lowest BCUT2D eigenvalue weighted by Gasteiger charge is -2.08. The number of nitrogens with zero attached hydrogens (tertiary/aromatic N) is 4. The number of nitrogens with two attached hydrogens (primary N) is 1. The first kappa shape index (κ1) is 17.3. The highest BCUT2D eigenvalue weighted by molar-refractivity contribution is 6.06. The van der Waals surface area contributed by atoms with E-state index in [9.17, 15) is 9.59 Å². The minimum atomic E-state index is -0.651. The van der Waals surface area contributed by atoms with Gasteiger partial charge >= 0.3 is 5.97 Å². The second kappa shape index (κ2) is 6.92. The molecule has 2 N–H and O–H groups in total. The van der Waals surface area contributed by atoms with E-state index in [-0.39, 0.29) is 11.1 Å².